The summed E-state index contributed by atoms with van der Waals surface area (Å²) in [5.41, 5.74) is 4.18. The van der Waals surface area contributed by atoms with E-state index >= 15 is 0 Å². The summed E-state index contributed by atoms with van der Waals surface area (Å²) in [6, 6.07) is 15.4. The first-order valence-corrected chi connectivity index (χ1v) is 14.2. The van der Waals surface area contributed by atoms with Crippen molar-refractivity contribution in [3.63, 3.8) is 0 Å². The minimum atomic E-state index is -4.12. The van der Waals surface area contributed by atoms with Gasteiger partial charge in [0, 0.05) is 25.1 Å². The summed E-state index contributed by atoms with van der Waals surface area (Å²) in [7, 11) is 1.80. The largest absolute Gasteiger partial charge is 0.490 e. The number of aromatic nitrogens is 5. The van der Waals surface area contributed by atoms with E-state index < -0.39 is 18.1 Å². The zero-order valence-electron chi connectivity index (χ0n) is 23.3. The molecule has 4 aromatic rings. The quantitative estimate of drug-likeness (QED) is 0.248. The number of halogens is 3. The second kappa shape index (κ2) is 10.9. The molecule has 0 aliphatic heterocycles. The predicted octanol–water partition coefficient (Wildman–Crippen LogP) is 6.77. The van der Waals surface area contributed by atoms with Crippen molar-refractivity contribution in [3.05, 3.63) is 77.9 Å². The van der Waals surface area contributed by atoms with Gasteiger partial charge in [-0.2, -0.15) is 18.3 Å². The molecule has 2 aromatic carbocycles. The van der Waals surface area contributed by atoms with Crippen LogP contribution in [-0.4, -0.2) is 48.1 Å². The first-order valence-electron chi connectivity index (χ1n) is 14.2. The summed E-state index contributed by atoms with van der Waals surface area (Å²) in [6.45, 7) is 1.93. The van der Waals surface area contributed by atoms with Crippen LogP contribution in [0.15, 0.2) is 60.9 Å². The van der Waals surface area contributed by atoms with Gasteiger partial charge in [-0.15, -0.1) is 5.10 Å². The van der Waals surface area contributed by atoms with Gasteiger partial charge >= 0.3 is 12.1 Å². The first kappa shape index (κ1) is 28.0. The fourth-order valence-corrected chi connectivity index (χ4v) is 6.24. The fourth-order valence-electron chi connectivity index (χ4n) is 6.24. The van der Waals surface area contributed by atoms with E-state index in [4.69, 9.17) is 4.74 Å². The minimum absolute atomic E-state index is 0.0385. The highest BCUT2D eigenvalue weighted by Crippen LogP contribution is 2.55. The SMILES string of the molecule is CC(Oc1cccc(-c2cccc(-n3ncc(C(=O)O)c3[C@H]3C[C@@H]3c3cn(C)nn3)c2)c1)C1CCC(C(F)(F)F)CC1. The molecule has 11 heteroatoms. The lowest BCUT2D eigenvalue weighted by molar-refractivity contribution is -0.185. The van der Waals surface area contributed by atoms with Gasteiger partial charge in [-0.05, 0) is 80.3 Å². The Labute approximate surface area is 241 Å². The number of aryl methyl sites for hydroxylation is 1. The highest BCUT2D eigenvalue weighted by molar-refractivity contribution is 5.89. The predicted molar refractivity (Wildman–Crippen MR) is 149 cm³/mol. The molecule has 2 heterocycles. The molecule has 220 valence electrons. The van der Waals surface area contributed by atoms with Crippen molar-refractivity contribution in [2.45, 2.75) is 63.1 Å². The average Bonchev–Trinajstić information content (AvgIpc) is 3.41. The molecule has 0 amide bonds. The lowest BCUT2D eigenvalue weighted by atomic mass is 9.79. The Bertz CT molecular complexity index is 1590. The summed E-state index contributed by atoms with van der Waals surface area (Å²) in [6.07, 6.45) is 0.974. The van der Waals surface area contributed by atoms with Crippen molar-refractivity contribution in [1.29, 1.82) is 0 Å². The number of aromatic carboxylic acids is 1. The molecule has 1 unspecified atom stereocenters. The Hall–Kier alpha value is -4.15. The number of rotatable bonds is 8. The third-order valence-corrected chi connectivity index (χ3v) is 8.66. The Balaban J connectivity index is 1.21. The first-order chi connectivity index (χ1) is 20.1. The Kier molecular flexibility index (Phi) is 7.28. The van der Waals surface area contributed by atoms with Crippen LogP contribution in [0.4, 0.5) is 13.2 Å². The van der Waals surface area contributed by atoms with Crippen LogP contribution in [0.2, 0.25) is 0 Å². The van der Waals surface area contributed by atoms with Crippen molar-refractivity contribution < 1.29 is 27.8 Å². The maximum Gasteiger partial charge on any atom is 0.391 e. The van der Waals surface area contributed by atoms with Crippen molar-refractivity contribution in [3.8, 4) is 22.6 Å². The maximum absolute atomic E-state index is 13.1. The number of hydrogen-bond acceptors (Lipinski definition) is 5. The molecule has 0 bridgehead atoms. The number of carbonyl (C=O) groups is 1. The smallest absolute Gasteiger partial charge is 0.391 e. The molecule has 2 saturated carbocycles. The van der Waals surface area contributed by atoms with E-state index in [0.717, 1.165) is 28.9 Å². The van der Waals surface area contributed by atoms with Gasteiger partial charge in [-0.25, -0.2) is 9.48 Å². The number of nitrogens with zero attached hydrogens (tertiary/aromatic N) is 5. The summed E-state index contributed by atoms with van der Waals surface area (Å²) >= 11 is 0. The van der Waals surface area contributed by atoms with Gasteiger partial charge in [-0.3, -0.25) is 4.68 Å². The third kappa shape index (κ3) is 5.64. The molecular formula is C31H32F3N5O3. The zero-order chi connectivity index (χ0) is 29.6. The van der Waals surface area contributed by atoms with E-state index in [-0.39, 0.29) is 42.3 Å². The zero-order valence-corrected chi connectivity index (χ0v) is 23.3. The summed E-state index contributed by atoms with van der Waals surface area (Å²) in [5.74, 6) is -1.47. The Morgan fingerprint density at radius 1 is 1.05 bits per heavy atom. The van der Waals surface area contributed by atoms with Crippen LogP contribution in [0.1, 0.15) is 72.6 Å². The lowest BCUT2D eigenvalue weighted by Gasteiger charge is -2.33. The van der Waals surface area contributed by atoms with E-state index in [0.29, 0.717) is 24.3 Å². The molecule has 1 N–H and O–H groups in total. The number of alkyl halides is 3. The number of carboxylic acid groups (broad SMARTS) is 1. The number of ether oxygens (including phenoxy) is 1. The second-order valence-electron chi connectivity index (χ2n) is 11.5. The molecule has 2 aromatic heterocycles. The van der Waals surface area contributed by atoms with Crippen LogP contribution in [0.5, 0.6) is 5.75 Å². The van der Waals surface area contributed by atoms with Crippen LogP contribution < -0.4 is 4.74 Å². The van der Waals surface area contributed by atoms with Gasteiger partial charge < -0.3 is 9.84 Å². The van der Waals surface area contributed by atoms with Crippen LogP contribution >= 0.6 is 0 Å². The molecule has 0 radical (unpaired) electrons. The lowest BCUT2D eigenvalue weighted by Crippen LogP contribution is -2.33. The van der Waals surface area contributed by atoms with E-state index in [2.05, 4.69) is 15.4 Å². The highest BCUT2D eigenvalue weighted by atomic mass is 19.4. The summed E-state index contributed by atoms with van der Waals surface area (Å²) in [4.78, 5) is 12.1. The second-order valence-corrected chi connectivity index (χ2v) is 11.5. The molecular weight excluding hydrogens is 547 g/mol. The highest BCUT2D eigenvalue weighted by Gasteiger charge is 2.46. The van der Waals surface area contributed by atoms with E-state index in [1.54, 1.807) is 16.4 Å². The molecule has 0 spiro atoms. The molecule has 0 saturated heterocycles. The van der Waals surface area contributed by atoms with Gasteiger partial charge in [0.2, 0.25) is 0 Å². The standard InChI is InChI=1S/C31H32F3N5O3/c1-18(19-9-11-22(12-10-19)31(32,33)34)42-24-8-4-6-21(14-24)20-5-3-7-23(13-20)39-29(27(16-35-39)30(40)41)26-15-25(26)28-17-38(2)37-36-28/h3-8,13-14,16-19,22,25-26H,9-12,15H2,1-2H3,(H,40,41)/t18?,19?,22?,25-,26-/m0/s1. The number of hydrogen-bond donors (Lipinski definition) is 1. The van der Waals surface area contributed by atoms with Gasteiger partial charge in [0.05, 0.1) is 35.3 Å². The van der Waals surface area contributed by atoms with Gasteiger partial charge in [0.1, 0.15) is 11.3 Å². The molecule has 2 fully saturated rings. The van der Waals surface area contributed by atoms with Crippen LogP contribution in [0, 0.1) is 11.8 Å². The summed E-state index contributed by atoms with van der Waals surface area (Å²) < 4.78 is 48.8. The van der Waals surface area contributed by atoms with Crippen LogP contribution in [0.25, 0.3) is 16.8 Å². The van der Waals surface area contributed by atoms with Crippen molar-refractivity contribution in [2.24, 2.45) is 18.9 Å². The van der Waals surface area contributed by atoms with E-state index in [1.807, 2.05) is 61.7 Å². The molecule has 2 aliphatic rings. The monoisotopic (exact) mass is 579 g/mol. The van der Waals surface area contributed by atoms with Gasteiger partial charge in [0.25, 0.3) is 0 Å². The average molecular weight is 580 g/mol. The van der Waals surface area contributed by atoms with Crippen molar-refractivity contribution in [1.82, 2.24) is 24.8 Å². The fraction of sp³-hybridized carbons (Fsp3) is 0.419. The van der Waals surface area contributed by atoms with E-state index in [1.165, 1.54) is 6.20 Å². The normalized spacial score (nSPS) is 23.0. The molecule has 42 heavy (non-hydrogen) atoms. The van der Waals surface area contributed by atoms with Gasteiger partial charge in [-0.1, -0.05) is 29.5 Å². The van der Waals surface area contributed by atoms with Crippen molar-refractivity contribution >= 4 is 5.97 Å². The van der Waals surface area contributed by atoms with Gasteiger partial charge in [0.15, 0.2) is 0 Å². The summed E-state index contributed by atoms with van der Waals surface area (Å²) in [5, 5.41) is 22.6. The third-order valence-electron chi connectivity index (χ3n) is 8.66. The topological polar surface area (TPSA) is 95.1 Å². The molecule has 8 nitrogen and oxygen atoms in total. The van der Waals surface area contributed by atoms with E-state index in [9.17, 15) is 23.1 Å². The molecule has 3 atom stereocenters. The molecule has 2 aliphatic carbocycles. The van der Waals surface area contributed by atoms with Crippen LogP contribution in [0.3, 0.4) is 0 Å². The Morgan fingerprint density at radius 3 is 2.43 bits per heavy atom. The minimum Gasteiger partial charge on any atom is -0.490 e. The number of benzene rings is 2. The number of carboxylic acids is 1. The van der Waals surface area contributed by atoms with Crippen molar-refractivity contribution in [2.75, 3.05) is 0 Å². The Morgan fingerprint density at radius 2 is 1.76 bits per heavy atom. The maximum atomic E-state index is 13.1. The van der Waals surface area contributed by atoms with Crippen LogP contribution in [-0.2, 0) is 7.05 Å². The molecule has 6 rings (SSSR count).